The van der Waals surface area contributed by atoms with Gasteiger partial charge in [0.1, 0.15) is 0 Å². The third-order valence-electron chi connectivity index (χ3n) is 0.942. The van der Waals surface area contributed by atoms with Crippen LogP contribution in [0, 0.1) is 0 Å². The predicted molar refractivity (Wildman–Crippen MR) is 45.8 cm³/mol. The average Bonchev–Trinajstić information content (AvgIpc) is 1.97. The molecule has 0 bridgehead atoms. The van der Waals surface area contributed by atoms with Gasteiger partial charge in [-0.3, -0.25) is 0 Å². The van der Waals surface area contributed by atoms with Crippen molar-refractivity contribution in [1.29, 1.82) is 0 Å². The lowest BCUT2D eigenvalue weighted by Gasteiger charge is -2.00. The molecule has 0 aromatic rings. The van der Waals surface area contributed by atoms with Crippen molar-refractivity contribution >= 4 is 8.81 Å². The summed E-state index contributed by atoms with van der Waals surface area (Å²) in [5, 5.41) is 0. The van der Waals surface area contributed by atoms with Crippen molar-refractivity contribution in [2.24, 2.45) is 0 Å². The fourth-order valence-electron chi connectivity index (χ4n) is 0.430. The van der Waals surface area contributed by atoms with Gasteiger partial charge < -0.3 is 9.26 Å². The molecular weight excluding hydrogens is 147 g/mol. The predicted octanol–water partition coefficient (Wildman–Crippen LogP) is 1.82. The second-order valence-corrected chi connectivity index (χ2v) is 2.89. The lowest BCUT2D eigenvalue weighted by Crippen LogP contribution is -1.95. The molecule has 0 amide bonds. The molecule has 0 saturated heterocycles. The molecule has 0 spiro atoms. The van der Waals surface area contributed by atoms with Crippen molar-refractivity contribution in [1.82, 2.24) is 0 Å². The van der Waals surface area contributed by atoms with Gasteiger partial charge in [-0.2, -0.15) is 0 Å². The Bertz CT molecular complexity index is 76.0. The molecule has 1 unspecified atom stereocenters. The minimum atomic E-state index is 0.598. The van der Waals surface area contributed by atoms with Crippen LogP contribution in [0.2, 0.25) is 0 Å². The first-order valence-electron chi connectivity index (χ1n) is 3.36. The van der Waals surface area contributed by atoms with Crippen LogP contribution in [0.15, 0.2) is 12.7 Å². The lowest BCUT2D eigenvalue weighted by atomic mass is 10.5. The summed E-state index contributed by atoms with van der Waals surface area (Å²) in [6.07, 6.45) is 4.05. The molecule has 0 saturated carbocycles. The Labute approximate surface area is 64.5 Å². The molecule has 0 rings (SSSR count). The minimum Gasteiger partial charge on any atom is -0.382 e. The number of hydrogen-bond donors (Lipinski definition) is 0. The largest absolute Gasteiger partial charge is 0.382 e. The van der Waals surface area contributed by atoms with E-state index >= 15 is 0 Å². The second-order valence-electron chi connectivity index (χ2n) is 1.81. The average molecular weight is 162 g/mol. The number of rotatable bonds is 7. The standard InChI is InChI=1S/C7H15O2P/c1-3-4-7-10-9-6-5-8-2/h3,10H,1,4-7H2,2H3. The smallest absolute Gasteiger partial charge is 0.0739 e. The van der Waals surface area contributed by atoms with Gasteiger partial charge in [0, 0.05) is 15.9 Å². The van der Waals surface area contributed by atoms with E-state index in [1.165, 1.54) is 0 Å². The summed E-state index contributed by atoms with van der Waals surface area (Å²) in [5.74, 6) is 0. The van der Waals surface area contributed by atoms with E-state index in [1.54, 1.807) is 7.11 Å². The van der Waals surface area contributed by atoms with Gasteiger partial charge in [0.15, 0.2) is 0 Å². The zero-order valence-corrected chi connectivity index (χ0v) is 7.43. The van der Waals surface area contributed by atoms with E-state index in [4.69, 9.17) is 9.26 Å². The van der Waals surface area contributed by atoms with E-state index in [2.05, 4.69) is 6.58 Å². The van der Waals surface area contributed by atoms with Gasteiger partial charge >= 0.3 is 0 Å². The van der Waals surface area contributed by atoms with E-state index in [-0.39, 0.29) is 0 Å². The first-order valence-corrected chi connectivity index (χ1v) is 4.48. The van der Waals surface area contributed by atoms with Crippen LogP contribution in [0.5, 0.6) is 0 Å². The first kappa shape index (κ1) is 10.1. The van der Waals surface area contributed by atoms with Crippen molar-refractivity contribution < 1.29 is 9.26 Å². The molecule has 3 heteroatoms. The van der Waals surface area contributed by atoms with Crippen LogP contribution in [0.3, 0.4) is 0 Å². The van der Waals surface area contributed by atoms with Gasteiger partial charge in [0.25, 0.3) is 0 Å². The van der Waals surface area contributed by atoms with Gasteiger partial charge in [-0.25, -0.2) is 0 Å². The van der Waals surface area contributed by atoms with Crippen LogP contribution in [-0.2, 0) is 9.26 Å². The van der Waals surface area contributed by atoms with Gasteiger partial charge in [-0.1, -0.05) is 6.08 Å². The third-order valence-corrected chi connectivity index (χ3v) is 1.84. The summed E-state index contributed by atoms with van der Waals surface area (Å²) < 4.78 is 10.0. The SMILES string of the molecule is C=CCCPOCCOC. The molecule has 2 nitrogen and oxygen atoms in total. The van der Waals surface area contributed by atoms with Crippen molar-refractivity contribution in [2.75, 3.05) is 26.5 Å². The molecule has 0 aliphatic carbocycles. The highest BCUT2D eigenvalue weighted by Crippen LogP contribution is 2.12. The highest BCUT2D eigenvalue weighted by molar-refractivity contribution is 7.32. The van der Waals surface area contributed by atoms with Crippen LogP contribution in [0.25, 0.3) is 0 Å². The van der Waals surface area contributed by atoms with Gasteiger partial charge in [-0.15, -0.1) is 6.58 Å². The van der Waals surface area contributed by atoms with Crippen molar-refractivity contribution in [2.45, 2.75) is 6.42 Å². The van der Waals surface area contributed by atoms with Crippen molar-refractivity contribution in [3.8, 4) is 0 Å². The van der Waals surface area contributed by atoms with Crippen LogP contribution in [0.1, 0.15) is 6.42 Å². The topological polar surface area (TPSA) is 18.5 Å². The number of methoxy groups -OCH3 is 1. The molecule has 0 radical (unpaired) electrons. The second kappa shape index (κ2) is 9.09. The summed E-state index contributed by atoms with van der Waals surface area (Å²) in [7, 11) is 2.27. The van der Waals surface area contributed by atoms with Gasteiger partial charge in [-0.05, 0) is 12.6 Å². The maximum absolute atomic E-state index is 5.23. The summed E-state index contributed by atoms with van der Waals surface area (Å²) in [4.78, 5) is 0. The number of allylic oxidation sites excluding steroid dienone is 1. The van der Waals surface area contributed by atoms with Gasteiger partial charge in [0.2, 0.25) is 0 Å². The quantitative estimate of drug-likeness (QED) is 0.323. The Kier molecular flexibility index (Phi) is 9.17. The molecule has 0 aromatic carbocycles. The zero-order valence-electron chi connectivity index (χ0n) is 6.43. The Balaban J connectivity index is 2.70. The zero-order chi connectivity index (χ0) is 7.66. The van der Waals surface area contributed by atoms with Crippen molar-refractivity contribution in [3.05, 3.63) is 12.7 Å². The Hall–Kier alpha value is 0.0900. The third kappa shape index (κ3) is 8.09. The van der Waals surface area contributed by atoms with E-state index in [0.29, 0.717) is 22.0 Å². The van der Waals surface area contributed by atoms with Crippen LogP contribution in [0.4, 0.5) is 0 Å². The van der Waals surface area contributed by atoms with E-state index < -0.39 is 0 Å². The summed E-state index contributed by atoms with van der Waals surface area (Å²) in [6, 6.07) is 0. The Morgan fingerprint density at radius 1 is 1.50 bits per heavy atom. The summed E-state index contributed by atoms with van der Waals surface area (Å²) >= 11 is 0. The molecule has 0 fully saturated rings. The molecule has 10 heavy (non-hydrogen) atoms. The van der Waals surface area contributed by atoms with Crippen LogP contribution in [-0.4, -0.2) is 26.5 Å². The Morgan fingerprint density at radius 3 is 2.90 bits per heavy atom. The molecule has 60 valence electrons. The number of hydrogen-bond acceptors (Lipinski definition) is 2. The molecule has 0 heterocycles. The van der Waals surface area contributed by atoms with E-state index in [9.17, 15) is 0 Å². The molecule has 0 aliphatic rings. The lowest BCUT2D eigenvalue weighted by molar-refractivity contribution is 0.155. The molecule has 0 aliphatic heterocycles. The van der Waals surface area contributed by atoms with Crippen LogP contribution < -0.4 is 0 Å². The normalized spacial score (nSPS) is 10.9. The Morgan fingerprint density at radius 2 is 2.30 bits per heavy atom. The fraction of sp³-hybridized carbons (Fsp3) is 0.714. The van der Waals surface area contributed by atoms with Gasteiger partial charge in [0.05, 0.1) is 13.2 Å². The maximum Gasteiger partial charge on any atom is 0.0739 e. The summed E-state index contributed by atoms with van der Waals surface area (Å²) in [6.45, 7) is 5.03. The number of ether oxygens (including phenoxy) is 1. The molecule has 1 atom stereocenters. The van der Waals surface area contributed by atoms with E-state index in [1.807, 2.05) is 6.08 Å². The van der Waals surface area contributed by atoms with Crippen LogP contribution >= 0.6 is 8.81 Å². The van der Waals surface area contributed by atoms with E-state index in [0.717, 1.165) is 12.6 Å². The summed E-state index contributed by atoms with van der Waals surface area (Å²) in [5.41, 5.74) is 0. The van der Waals surface area contributed by atoms with Crippen molar-refractivity contribution in [3.63, 3.8) is 0 Å². The maximum atomic E-state index is 5.23. The fourth-order valence-corrected chi connectivity index (χ4v) is 1.12. The first-order chi connectivity index (χ1) is 4.91. The molecular formula is C7H15O2P. The molecule has 0 N–H and O–H groups in total. The molecule has 0 aromatic heterocycles. The highest BCUT2D eigenvalue weighted by atomic mass is 31.1. The monoisotopic (exact) mass is 162 g/mol. The highest BCUT2D eigenvalue weighted by Gasteiger charge is 1.85. The minimum absolute atomic E-state index is 0.598.